The van der Waals surface area contributed by atoms with Crippen molar-refractivity contribution >= 4 is 0 Å². The van der Waals surface area contributed by atoms with Crippen molar-refractivity contribution in [2.24, 2.45) is 0 Å². The van der Waals surface area contributed by atoms with Crippen molar-refractivity contribution in [1.29, 1.82) is 0 Å². The number of benzene rings is 1. The van der Waals surface area contributed by atoms with Gasteiger partial charge in [0.1, 0.15) is 6.10 Å². The van der Waals surface area contributed by atoms with Crippen LogP contribution < -0.4 is 0 Å². The first-order valence-corrected chi connectivity index (χ1v) is 9.24. The lowest BCUT2D eigenvalue weighted by Crippen LogP contribution is -2.32. The first kappa shape index (κ1) is 17.9. The summed E-state index contributed by atoms with van der Waals surface area (Å²) < 4.78 is 24.2. The number of unbranched alkanes of at least 4 members (excludes halogenated alkanes) is 2. The van der Waals surface area contributed by atoms with Gasteiger partial charge in [0.2, 0.25) is 0 Å². The van der Waals surface area contributed by atoms with Gasteiger partial charge in [-0.1, -0.05) is 56.5 Å². The molecular weight excluding hydrogens is 304 g/mol. The van der Waals surface area contributed by atoms with E-state index >= 15 is 0 Å². The van der Waals surface area contributed by atoms with E-state index in [4.69, 9.17) is 18.9 Å². The van der Waals surface area contributed by atoms with Gasteiger partial charge in [0, 0.05) is 6.42 Å². The van der Waals surface area contributed by atoms with Crippen molar-refractivity contribution < 1.29 is 18.9 Å². The van der Waals surface area contributed by atoms with Crippen molar-refractivity contribution in [3.05, 3.63) is 35.9 Å². The molecule has 1 aromatic rings. The van der Waals surface area contributed by atoms with Crippen LogP contribution in [0.2, 0.25) is 0 Å². The molecule has 2 fully saturated rings. The Labute approximate surface area is 145 Å². The van der Waals surface area contributed by atoms with E-state index in [1.165, 1.54) is 24.8 Å². The zero-order valence-electron chi connectivity index (χ0n) is 15.1. The fourth-order valence-corrected chi connectivity index (χ4v) is 3.52. The van der Waals surface area contributed by atoms with Gasteiger partial charge in [0.25, 0.3) is 0 Å². The highest BCUT2D eigenvalue weighted by molar-refractivity contribution is 5.13. The molecular formula is C20H30O4. The number of hydrogen-bond donors (Lipinski definition) is 0. The van der Waals surface area contributed by atoms with E-state index in [9.17, 15) is 0 Å². The monoisotopic (exact) mass is 334 g/mol. The quantitative estimate of drug-likeness (QED) is 0.660. The van der Waals surface area contributed by atoms with Gasteiger partial charge in [-0.3, -0.25) is 0 Å². The molecule has 4 nitrogen and oxygen atoms in total. The molecule has 0 spiro atoms. The van der Waals surface area contributed by atoms with Crippen molar-refractivity contribution in [2.75, 3.05) is 0 Å². The maximum Gasteiger partial charge on any atom is 0.187 e. The predicted molar refractivity (Wildman–Crippen MR) is 92.5 cm³/mol. The highest BCUT2D eigenvalue weighted by atomic mass is 16.8. The van der Waals surface area contributed by atoms with Crippen LogP contribution in [0.1, 0.15) is 58.4 Å². The first-order chi connectivity index (χ1) is 11.6. The highest BCUT2D eigenvalue weighted by Crippen LogP contribution is 2.39. The standard InChI is InChI=1S/C20H30O4/c1-4-5-7-12-16(21-14-15-10-8-6-9-11-15)17-13-18-19(22-17)24-20(2,3)23-18/h6,8-11,16-19H,4-5,7,12-14H2,1-3H3/t16?,17-,18-,19-/m1/s1. The van der Waals surface area contributed by atoms with Crippen LogP contribution in [0.25, 0.3) is 0 Å². The molecule has 2 aliphatic rings. The first-order valence-electron chi connectivity index (χ1n) is 9.24. The third-order valence-corrected chi connectivity index (χ3v) is 4.73. The van der Waals surface area contributed by atoms with Gasteiger partial charge in [-0.15, -0.1) is 0 Å². The fraction of sp³-hybridized carbons (Fsp3) is 0.700. The summed E-state index contributed by atoms with van der Waals surface area (Å²) in [4.78, 5) is 0. The number of rotatable bonds is 8. The van der Waals surface area contributed by atoms with Crippen LogP contribution in [0.15, 0.2) is 30.3 Å². The third kappa shape index (κ3) is 4.57. The summed E-state index contributed by atoms with van der Waals surface area (Å²) in [6.07, 6.45) is 5.40. The second-order valence-electron chi connectivity index (χ2n) is 7.28. The van der Waals surface area contributed by atoms with Crippen LogP contribution in [-0.2, 0) is 25.6 Å². The molecule has 0 amide bonds. The summed E-state index contributed by atoms with van der Waals surface area (Å²) in [5.74, 6) is -0.539. The molecule has 2 heterocycles. The smallest absolute Gasteiger partial charge is 0.187 e. The summed E-state index contributed by atoms with van der Waals surface area (Å²) in [5.41, 5.74) is 1.20. The maximum absolute atomic E-state index is 6.24. The minimum absolute atomic E-state index is 0.0269. The molecule has 0 N–H and O–H groups in total. The van der Waals surface area contributed by atoms with Gasteiger partial charge in [0.05, 0.1) is 18.8 Å². The Hall–Kier alpha value is -0.940. The zero-order valence-corrected chi connectivity index (χ0v) is 15.1. The van der Waals surface area contributed by atoms with Crippen LogP contribution in [0.3, 0.4) is 0 Å². The number of ether oxygens (including phenoxy) is 4. The largest absolute Gasteiger partial charge is 0.371 e. The zero-order chi connectivity index (χ0) is 17.0. The normalized spacial score (nSPS) is 29.5. The second-order valence-corrected chi connectivity index (χ2v) is 7.28. The third-order valence-electron chi connectivity index (χ3n) is 4.73. The van der Waals surface area contributed by atoms with Crippen molar-refractivity contribution in [2.45, 2.75) is 89.9 Å². The molecule has 0 aromatic heterocycles. The predicted octanol–water partition coefficient (Wildman–Crippen LogP) is 4.42. The van der Waals surface area contributed by atoms with E-state index < -0.39 is 5.79 Å². The van der Waals surface area contributed by atoms with Crippen molar-refractivity contribution in [3.63, 3.8) is 0 Å². The SMILES string of the molecule is CCCCCC(OCc1ccccc1)[C@H]1C[C@H]2OC(C)(C)O[C@H]2O1. The van der Waals surface area contributed by atoms with Crippen LogP contribution >= 0.6 is 0 Å². The minimum Gasteiger partial charge on any atom is -0.371 e. The summed E-state index contributed by atoms with van der Waals surface area (Å²) in [7, 11) is 0. The van der Waals surface area contributed by atoms with Crippen molar-refractivity contribution in [1.82, 2.24) is 0 Å². The summed E-state index contributed by atoms with van der Waals surface area (Å²) in [6.45, 7) is 6.72. The Morgan fingerprint density at radius 2 is 1.96 bits per heavy atom. The molecule has 0 radical (unpaired) electrons. The lowest BCUT2D eigenvalue weighted by molar-refractivity contribution is -0.218. The van der Waals surface area contributed by atoms with Crippen LogP contribution in [0.5, 0.6) is 0 Å². The summed E-state index contributed by atoms with van der Waals surface area (Å²) in [6, 6.07) is 10.3. The van der Waals surface area contributed by atoms with E-state index in [0.717, 1.165) is 12.8 Å². The molecule has 0 aliphatic carbocycles. The minimum atomic E-state index is -0.539. The van der Waals surface area contributed by atoms with Gasteiger partial charge in [-0.2, -0.15) is 0 Å². The Morgan fingerprint density at radius 3 is 2.67 bits per heavy atom. The van der Waals surface area contributed by atoms with Crippen molar-refractivity contribution in [3.8, 4) is 0 Å². The topological polar surface area (TPSA) is 36.9 Å². The summed E-state index contributed by atoms with van der Waals surface area (Å²) >= 11 is 0. The van der Waals surface area contributed by atoms with Crippen LogP contribution in [0, 0.1) is 0 Å². The molecule has 2 saturated heterocycles. The lowest BCUT2D eigenvalue weighted by Gasteiger charge is -2.26. The average molecular weight is 334 g/mol. The van der Waals surface area contributed by atoms with Crippen LogP contribution in [0.4, 0.5) is 0 Å². The van der Waals surface area contributed by atoms with Gasteiger partial charge in [-0.25, -0.2) is 0 Å². The molecule has 0 saturated carbocycles. The molecule has 1 unspecified atom stereocenters. The van der Waals surface area contributed by atoms with E-state index in [1.54, 1.807) is 0 Å². The molecule has 4 heteroatoms. The Bertz CT molecular complexity index is 486. The van der Waals surface area contributed by atoms with E-state index in [-0.39, 0.29) is 24.6 Å². The van der Waals surface area contributed by atoms with Gasteiger partial charge in [-0.05, 0) is 25.8 Å². The Kier molecular flexibility index (Phi) is 5.93. The van der Waals surface area contributed by atoms with E-state index in [0.29, 0.717) is 6.61 Å². The van der Waals surface area contributed by atoms with Gasteiger partial charge < -0.3 is 18.9 Å². The molecule has 0 bridgehead atoms. The fourth-order valence-electron chi connectivity index (χ4n) is 3.52. The Balaban J connectivity index is 1.56. The lowest BCUT2D eigenvalue weighted by atomic mass is 10.0. The molecule has 4 atom stereocenters. The molecule has 3 rings (SSSR count). The highest BCUT2D eigenvalue weighted by Gasteiger charge is 2.50. The average Bonchev–Trinajstić information content (AvgIpc) is 3.05. The second kappa shape index (κ2) is 7.96. The van der Waals surface area contributed by atoms with Gasteiger partial charge >= 0.3 is 0 Å². The number of fused-ring (bicyclic) bond motifs is 1. The van der Waals surface area contributed by atoms with E-state index in [1.807, 2.05) is 32.0 Å². The molecule has 24 heavy (non-hydrogen) atoms. The van der Waals surface area contributed by atoms with Crippen LogP contribution in [-0.4, -0.2) is 30.4 Å². The molecule has 134 valence electrons. The Morgan fingerprint density at radius 1 is 1.17 bits per heavy atom. The summed E-state index contributed by atoms with van der Waals surface area (Å²) in [5, 5.41) is 0. The van der Waals surface area contributed by atoms with Gasteiger partial charge in [0.15, 0.2) is 12.1 Å². The maximum atomic E-state index is 6.24. The number of hydrogen-bond acceptors (Lipinski definition) is 4. The van der Waals surface area contributed by atoms with E-state index in [2.05, 4.69) is 19.1 Å². The molecule has 1 aromatic carbocycles. The molecule has 2 aliphatic heterocycles.